The first kappa shape index (κ1) is 15.5. The zero-order chi connectivity index (χ0) is 14.6. The van der Waals surface area contributed by atoms with Gasteiger partial charge in [0.2, 0.25) is 5.91 Å². The molecule has 0 aliphatic heterocycles. The molecule has 3 nitrogen and oxygen atoms in total. The number of amides is 1. The van der Waals surface area contributed by atoms with Crippen molar-refractivity contribution in [1.82, 2.24) is 5.32 Å². The minimum Gasteiger partial charge on any atom is -0.372 e. The number of methoxy groups -OCH3 is 1. The third-order valence-electron chi connectivity index (χ3n) is 2.82. The van der Waals surface area contributed by atoms with E-state index in [1.165, 1.54) is 19.2 Å². The second kappa shape index (κ2) is 6.06. The topological polar surface area (TPSA) is 38.3 Å². The van der Waals surface area contributed by atoms with Crippen LogP contribution in [-0.2, 0) is 15.7 Å². The van der Waals surface area contributed by atoms with Crippen LogP contribution in [0.2, 0.25) is 0 Å². The summed E-state index contributed by atoms with van der Waals surface area (Å²) in [4.78, 5) is 11.6. The van der Waals surface area contributed by atoms with Gasteiger partial charge in [0.15, 0.2) is 0 Å². The predicted octanol–water partition coefficient (Wildman–Crippen LogP) is 2.92. The summed E-state index contributed by atoms with van der Waals surface area (Å²) in [5.41, 5.74) is -0.107. The Balaban J connectivity index is 2.73. The van der Waals surface area contributed by atoms with Gasteiger partial charge in [0.1, 0.15) is 6.10 Å². The van der Waals surface area contributed by atoms with Gasteiger partial charge in [-0.3, -0.25) is 4.79 Å². The fourth-order valence-electron chi connectivity index (χ4n) is 1.48. The van der Waals surface area contributed by atoms with Crippen LogP contribution < -0.4 is 5.32 Å². The van der Waals surface area contributed by atoms with Crippen molar-refractivity contribution in [3.05, 3.63) is 35.4 Å². The van der Waals surface area contributed by atoms with E-state index >= 15 is 0 Å². The molecule has 0 radical (unpaired) electrons. The average molecular weight is 275 g/mol. The van der Waals surface area contributed by atoms with Gasteiger partial charge in [-0.1, -0.05) is 12.1 Å². The highest BCUT2D eigenvalue weighted by Crippen LogP contribution is 2.29. The van der Waals surface area contributed by atoms with Crippen molar-refractivity contribution in [2.45, 2.75) is 32.2 Å². The van der Waals surface area contributed by atoms with E-state index in [0.717, 1.165) is 12.1 Å². The van der Waals surface area contributed by atoms with Crippen LogP contribution in [0.4, 0.5) is 13.2 Å². The SMILES string of the molecule is COC(C)C(=O)NC(C)c1ccc(C(F)(F)F)cc1. The maximum absolute atomic E-state index is 12.4. The van der Waals surface area contributed by atoms with Crippen LogP contribution in [0.3, 0.4) is 0 Å². The molecule has 0 saturated carbocycles. The van der Waals surface area contributed by atoms with Crippen LogP contribution in [0.1, 0.15) is 31.0 Å². The summed E-state index contributed by atoms with van der Waals surface area (Å²) in [6.07, 6.45) is -4.95. The Morgan fingerprint density at radius 1 is 1.21 bits per heavy atom. The molecule has 1 aromatic rings. The highest BCUT2D eigenvalue weighted by Gasteiger charge is 2.30. The Morgan fingerprint density at radius 3 is 2.16 bits per heavy atom. The number of halogens is 3. The number of ether oxygens (including phenoxy) is 1. The molecule has 0 saturated heterocycles. The second-order valence-electron chi connectivity index (χ2n) is 4.23. The second-order valence-corrected chi connectivity index (χ2v) is 4.23. The number of benzene rings is 1. The zero-order valence-electron chi connectivity index (χ0n) is 10.9. The quantitative estimate of drug-likeness (QED) is 0.917. The third kappa shape index (κ3) is 4.24. The van der Waals surface area contributed by atoms with Gasteiger partial charge in [0.05, 0.1) is 11.6 Å². The van der Waals surface area contributed by atoms with E-state index in [4.69, 9.17) is 4.74 Å². The number of rotatable bonds is 4. The van der Waals surface area contributed by atoms with Crippen LogP contribution in [0.5, 0.6) is 0 Å². The molecule has 1 aromatic carbocycles. The van der Waals surface area contributed by atoms with Gasteiger partial charge in [0, 0.05) is 7.11 Å². The standard InChI is InChI=1S/C13H16F3NO2/c1-8(17-12(18)9(2)19-3)10-4-6-11(7-5-10)13(14,15)16/h4-9H,1-3H3,(H,17,18). The van der Waals surface area contributed by atoms with Crippen LogP contribution >= 0.6 is 0 Å². The number of hydrogen-bond acceptors (Lipinski definition) is 2. The molecule has 1 rings (SSSR count). The van der Waals surface area contributed by atoms with Crippen LogP contribution in [-0.4, -0.2) is 19.1 Å². The van der Waals surface area contributed by atoms with E-state index in [1.807, 2.05) is 0 Å². The Labute approximate surface area is 109 Å². The Hall–Kier alpha value is -1.56. The Morgan fingerprint density at radius 2 is 1.74 bits per heavy atom. The summed E-state index contributed by atoms with van der Waals surface area (Å²) in [7, 11) is 1.41. The summed E-state index contributed by atoms with van der Waals surface area (Å²) in [5, 5.41) is 2.66. The van der Waals surface area contributed by atoms with Crippen molar-refractivity contribution in [1.29, 1.82) is 0 Å². The van der Waals surface area contributed by atoms with E-state index in [1.54, 1.807) is 13.8 Å². The van der Waals surface area contributed by atoms with Crippen molar-refractivity contribution in [2.24, 2.45) is 0 Å². The fraction of sp³-hybridized carbons (Fsp3) is 0.462. The van der Waals surface area contributed by atoms with E-state index < -0.39 is 17.8 Å². The van der Waals surface area contributed by atoms with Gasteiger partial charge in [-0.15, -0.1) is 0 Å². The molecule has 1 amide bonds. The lowest BCUT2D eigenvalue weighted by molar-refractivity contribution is -0.137. The van der Waals surface area contributed by atoms with Crippen molar-refractivity contribution in [3.8, 4) is 0 Å². The van der Waals surface area contributed by atoms with Gasteiger partial charge in [-0.25, -0.2) is 0 Å². The smallest absolute Gasteiger partial charge is 0.372 e. The minimum absolute atomic E-state index is 0.310. The minimum atomic E-state index is -4.35. The first-order valence-electron chi connectivity index (χ1n) is 5.76. The molecule has 0 aliphatic rings. The highest BCUT2D eigenvalue weighted by molar-refractivity contribution is 5.80. The molecule has 0 aliphatic carbocycles. The molecular weight excluding hydrogens is 259 g/mol. The summed E-state index contributed by atoms with van der Waals surface area (Å²) in [6.45, 7) is 3.29. The first-order chi connectivity index (χ1) is 8.75. The largest absolute Gasteiger partial charge is 0.416 e. The molecule has 0 heterocycles. The number of hydrogen-bond donors (Lipinski definition) is 1. The van der Waals surface area contributed by atoms with E-state index in [2.05, 4.69) is 5.32 Å². The molecule has 0 fully saturated rings. The summed E-state index contributed by atoms with van der Waals surface area (Å²) >= 11 is 0. The summed E-state index contributed by atoms with van der Waals surface area (Å²) < 4.78 is 42.0. The highest BCUT2D eigenvalue weighted by atomic mass is 19.4. The number of nitrogens with one attached hydrogen (secondary N) is 1. The van der Waals surface area contributed by atoms with Crippen molar-refractivity contribution >= 4 is 5.91 Å². The Bertz CT molecular complexity index is 429. The van der Waals surface area contributed by atoms with Crippen LogP contribution in [0, 0.1) is 0 Å². The van der Waals surface area contributed by atoms with Gasteiger partial charge in [-0.05, 0) is 31.5 Å². The van der Waals surface area contributed by atoms with Crippen molar-refractivity contribution < 1.29 is 22.7 Å². The maximum Gasteiger partial charge on any atom is 0.416 e. The van der Waals surface area contributed by atoms with Crippen LogP contribution in [0.25, 0.3) is 0 Å². The molecule has 0 bridgehead atoms. The van der Waals surface area contributed by atoms with Gasteiger partial charge in [0.25, 0.3) is 0 Å². The van der Waals surface area contributed by atoms with E-state index in [9.17, 15) is 18.0 Å². The predicted molar refractivity (Wildman–Crippen MR) is 64.5 cm³/mol. The van der Waals surface area contributed by atoms with Crippen molar-refractivity contribution in [3.63, 3.8) is 0 Å². The molecule has 1 N–H and O–H groups in total. The molecular formula is C13H16F3NO2. The van der Waals surface area contributed by atoms with Crippen molar-refractivity contribution in [2.75, 3.05) is 7.11 Å². The average Bonchev–Trinajstić information content (AvgIpc) is 2.36. The van der Waals surface area contributed by atoms with Gasteiger partial charge in [-0.2, -0.15) is 13.2 Å². The first-order valence-corrected chi connectivity index (χ1v) is 5.76. The lowest BCUT2D eigenvalue weighted by Crippen LogP contribution is -2.35. The Kier molecular flexibility index (Phi) is 4.94. The van der Waals surface area contributed by atoms with E-state index in [-0.39, 0.29) is 11.9 Å². The molecule has 0 aromatic heterocycles. The fourth-order valence-corrected chi connectivity index (χ4v) is 1.48. The number of carbonyl (C=O) groups is 1. The summed E-state index contributed by atoms with van der Waals surface area (Å²) in [6, 6.07) is 4.32. The van der Waals surface area contributed by atoms with E-state index in [0.29, 0.717) is 5.56 Å². The lowest BCUT2D eigenvalue weighted by Gasteiger charge is -2.17. The maximum atomic E-state index is 12.4. The molecule has 19 heavy (non-hydrogen) atoms. The van der Waals surface area contributed by atoms with Crippen LogP contribution in [0.15, 0.2) is 24.3 Å². The molecule has 2 unspecified atom stereocenters. The lowest BCUT2D eigenvalue weighted by atomic mass is 10.1. The molecule has 0 spiro atoms. The molecule has 106 valence electrons. The monoisotopic (exact) mass is 275 g/mol. The van der Waals surface area contributed by atoms with Gasteiger partial charge >= 0.3 is 6.18 Å². The van der Waals surface area contributed by atoms with Gasteiger partial charge < -0.3 is 10.1 Å². The third-order valence-corrected chi connectivity index (χ3v) is 2.82. The molecule has 2 atom stereocenters. The number of alkyl halides is 3. The normalized spacial score (nSPS) is 14.8. The number of carbonyl (C=O) groups excluding carboxylic acids is 1. The summed E-state index contributed by atoms with van der Waals surface area (Å²) in [5.74, 6) is -0.310. The zero-order valence-corrected chi connectivity index (χ0v) is 10.9. The molecule has 6 heteroatoms.